The molecule has 0 unspecified atom stereocenters. The molecular formula is C26H27N5O2S2. The van der Waals surface area contributed by atoms with Crippen LogP contribution >= 0.6 is 23.1 Å². The average Bonchev–Trinajstić information content (AvgIpc) is 3.45. The number of ether oxygens (including phenoxy) is 1. The van der Waals surface area contributed by atoms with Gasteiger partial charge in [0.2, 0.25) is 5.91 Å². The second-order valence-corrected chi connectivity index (χ2v) is 9.90. The van der Waals surface area contributed by atoms with E-state index in [-0.39, 0.29) is 18.3 Å². The normalized spacial score (nSPS) is 10.8. The molecule has 0 aliphatic carbocycles. The first kappa shape index (κ1) is 24.7. The van der Waals surface area contributed by atoms with Crippen LogP contribution in [-0.2, 0) is 17.9 Å². The highest BCUT2D eigenvalue weighted by molar-refractivity contribution is 7.99. The van der Waals surface area contributed by atoms with Crippen molar-refractivity contribution >= 4 is 34.1 Å². The zero-order chi connectivity index (χ0) is 24.8. The number of aryl methyl sites for hydroxylation is 3. The Labute approximate surface area is 213 Å². The molecule has 0 spiro atoms. The maximum Gasteiger partial charge on any atom is 0.236 e. The number of nitrogens with zero attached hydrogens (tertiary/aromatic N) is 4. The molecule has 0 fully saturated rings. The van der Waals surface area contributed by atoms with Gasteiger partial charge >= 0.3 is 0 Å². The Morgan fingerprint density at radius 2 is 1.91 bits per heavy atom. The number of thioether (sulfide) groups is 1. The van der Waals surface area contributed by atoms with Crippen molar-refractivity contribution in [3.05, 3.63) is 83.0 Å². The zero-order valence-corrected chi connectivity index (χ0v) is 21.6. The molecular weight excluding hydrogens is 478 g/mol. The summed E-state index contributed by atoms with van der Waals surface area (Å²) in [6.45, 7) is 10.7. The molecule has 1 amide bonds. The van der Waals surface area contributed by atoms with Crippen molar-refractivity contribution in [3.63, 3.8) is 0 Å². The number of rotatable bonds is 10. The van der Waals surface area contributed by atoms with E-state index in [0.29, 0.717) is 22.7 Å². The summed E-state index contributed by atoms with van der Waals surface area (Å²) in [6, 6.07) is 14.2. The van der Waals surface area contributed by atoms with E-state index in [1.807, 2.05) is 60.2 Å². The molecule has 0 saturated heterocycles. The van der Waals surface area contributed by atoms with Crippen LogP contribution < -0.4 is 10.1 Å². The van der Waals surface area contributed by atoms with Gasteiger partial charge in [-0.05, 0) is 32.4 Å². The van der Waals surface area contributed by atoms with Gasteiger partial charge in [-0.15, -0.1) is 28.1 Å². The summed E-state index contributed by atoms with van der Waals surface area (Å²) >= 11 is 2.72. The monoisotopic (exact) mass is 505 g/mol. The number of aromatic nitrogens is 4. The highest BCUT2D eigenvalue weighted by Gasteiger charge is 2.15. The molecule has 0 bridgehead atoms. The number of hydrogen-bond donors (Lipinski definition) is 1. The quantitative estimate of drug-likeness (QED) is 0.216. The number of allylic oxidation sites excluding steroid dienone is 1. The van der Waals surface area contributed by atoms with Crippen molar-refractivity contribution < 1.29 is 9.53 Å². The second-order valence-electron chi connectivity index (χ2n) is 8.10. The molecule has 7 nitrogen and oxygen atoms in total. The molecule has 2 aromatic carbocycles. The lowest BCUT2D eigenvalue weighted by Gasteiger charge is -2.11. The van der Waals surface area contributed by atoms with Crippen molar-refractivity contribution in [2.24, 2.45) is 0 Å². The Bertz CT molecular complexity index is 1330. The molecule has 0 atom stereocenters. The van der Waals surface area contributed by atoms with Gasteiger partial charge in [-0.3, -0.25) is 9.36 Å². The van der Waals surface area contributed by atoms with E-state index < -0.39 is 0 Å². The molecule has 0 aliphatic heterocycles. The number of benzene rings is 2. The predicted molar refractivity (Wildman–Crippen MR) is 142 cm³/mol. The summed E-state index contributed by atoms with van der Waals surface area (Å²) < 4.78 is 7.89. The fourth-order valence-corrected chi connectivity index (χ4v) is 4.92. The highest BCUT2D eigenvalue weighted by atomic mass is 32.2. The smallest absolute Gasteiger partial charge is 0.236 e. The third kappa shape index (κ3) is 6.37. The lowest BCUT2D eigenvalue weighted by molar-refractivity contribution is -0.113. The Morgan fingerprint density at radius 3 is 2.66 bits per heavy atom. The van der Waals surface area contributed by atoms with Gasteiger partial charge in [-0.25, -0.2) is 4.98 Å². The molecule has 9 heteroatoms. The van der Waals surface area contributed by atoms with Crippen molar-refractivity contribution in [2.45, 2.75) is 39.1 Å². The van der Waals surface area contributed by atoms with Gasteiger partial charge in [0.1, 0.15) is 12.4 Å². The topological polar surface area (TPSA) is 81.9 Å². The number of thiazole rings is 1. The van der Waals surface area contributed by atoms with Gasteiger partial charge in [0.05, 0.1) is 11.4 Å². The van der Waals surface area contributed by atoms with Crippen molar-refractivity contribution in [1.82, 2.24) is 19.7 Å². The minimum atomic E-state index is -0.152. The van der Waals surface area contributed by atoms with Crippen LogP contribution in [0.5, 0.6) is 5.75 Å². The van der Waals surface area contributed by atoms with Crippen molar-refractivity contribution in [3.8, 4) is 17.0 Å². The Kier molecular flexibility index (Phi) is 7.99. The molecule has 4 aromatic rings. The van der Waals surface area contributed by atoms with E-state index in [4.69, 9.17) is 4.74 Å². The first-order valence-corrected chi connectivity index (χ1v) is 13.0. The standard InChI is InChI=1S/C26H27N5O2S2/c1-5-12-31-23(14-33-22-11-8-18(3)13-19(22)4)29-30-26(31)35-16-24(32)28-25-27-21(15-34-25)20-9-6-17(2)7-10-20/h5-11,13,15H,1,12,14,16H2,2-4H3,(H,27,28,32). The number of amides is 1. The Morgan fingerprint density at radius 1 is 1.14 bits per heavy atom. The highest BCUT2D eigenvalue weighted by Crippen LogP contribution is 2.26. The number of carbonyl (C=O) groups excluding carboxylic acids is 1. The average molecular weight is 506 g/mol. The molecule has 180 valence electrons. The van der Waals surface area contributed by atoms with Gasteiger partial charge in [-0.2, -0.15) is 0 Å². The van der Waals surface area contributed by atoms with Crippen LogP contribution in [0.25, 0.3) is 11.3 Å². The van der Waals surface area contributed by atoms with Gasteiger partial charge in [0.15, 0.2) is 16.1 Å². The molecule has 1 N–H and O–H groups in total. The van der Waals surface area contributed by atoms with Crippen molar-refractivity contribution in [2.75, 3.05) is 11.1 Å². The fraction of sp³-hybridized carbons (Fsp3) is 0.231. The van der Waals surface area contributed by atoms with Crippen LogP contribution in [0.2, 0.25) is 0 Å². The zero-order valence-electron chi connectivity index (χ0n) is 19.9. The maximum atomic E-state index is 12.6. The first-order valence-electron chi connectivity index (χ1n) is 11.1. The van der Waals surface area contributed by atoms with Gasteiger partial charge < -0.3 is 10.1 Å². The number of nitrogens with one attached hydrogen (secondary N) is 1. The van der Waals surface area contributed by atoms with Gasteiger partial charge in [0, 0.05) is 17.5 Å². The summed E-state index contributed by atoms with van der Waals surface area (Å²) in [5.74, 6) is 1.52. The van der Waals surface area contributed by atoms with Crippen LogP contribution in [0.15, 0.2) is 65.7 Å². The van der Waals surface area contributed by atoms with E-state index in [9.17, 15) is 4.79 Å². The van der Waals surface area contributed by atoms with Crippen LogP contribution in [0.1, 0.15) is 22.5 Å². The van der Waals surface area contributed by atoms with Crippen LogP contribution in [0.3, 0.4) is 0 Å². The van der Waals surface area contributed by atoms with E-state index in [2.05, 4.69) is 40.1 Å². The van der Waals surface area contributed by atoms with E-state index >= 15 is 0 Å². The molecule has 2 aromatic heterocycles. The number of hydrogen-bond acceptors (Lipinski definition) is 7. The van der Waals surface area contributed by atoms with E-state index in [1.165, 1.54) is 34.2 Å². The first-order chi connectivity index (χ1) is 16.9. The van der Waals surface area contributed by atoms with Crippen molar-refractivity contribution in [1.29, 1.82) is 0 Å². The third-order valence-corrected chi connectivity index (χ3v) is 6.95. The summed E-state index contributed by atoms with van der Waals surface area (Å²) in [6.07, 6.45) is 1.77. The summed E-state index contributed by atoms with van der Waals surface area (Å²) in [5, 5.41) is 14.6. The number of carbonyl (C=O) groups is 1. The Balaban J connectivity index is 1.35. The maximum absolute atomic E-state index is 12.6. The molecule has 0 aliphatic rings. The van der Waals surface area contributed by atoms with E-state index in [0.717, 1.165) is 22.6 Å². The molecule has 0 radical (unpaired) electrons. The number of anilines is 1. The lowest BCUT2D eigenvalue weighted by atomic mass is 10.1. The predicted octanol–water partition coefficient (Wildman–Crippen LogP) is 5.82. The molecule has 4 rings (SSSR count). The lowest BCUT2D eigenvalue weighted by Crippen LogP contribution is -2.15. The van der Waals surface area contributed by atoms with Crippen LogP contribution in [0, 0.1) is 20.8 Å². The largest absolute Gasteiger partial charge is 0.485 e. The molecule has 35 heavy (non-hydrogen) atoms. The SMILES string of the molecule is C=CCn1c(COc2ccc(C)cc2C)nnc1SCC(=O)Nc1nc(-c2ccc(C)cc2)cs1. The van der Waals surface area contributed by atoms with E-state index in [1.54, 1.807) is 6.08 Å². The summed E-state index contributed by atoms with van der Waals surface area (Å²) in [7, 11) is 0. The minimum Gasteiger partial charge on any atom is -0.485 e. The minimum absolute atomic E-state index is 0.152. The fourth-order valence-electron chi connectivity index (χ4n) is 3.42. The molecule has 2 heterocycles. The van der Waals surface area contributed by atoms with Gasteiger partial charge in [-0.1, -0.05) is 65.4 Å². The second kappa shape index (κ2) is 11.3. The van der Waals surface area contributed by atoms with Crippen LogP contribution in [-0.4, -0.2) is 31.4 Å². The van der Waals surface area contributed by atoms with Crippen LogP contribution in [0.4, 0.5) is 5.13 Å². The Hall–Kier alpha value is -3.43. The summed E-state index contributed by atoms with van der Waals surface area (Å²) in [5.41, 5.74) is 5.32. The molecule has 0 saturated carbocycles. The van der Waals surface area contributed by atoms with Gasteiger partial charge in [0.25, 0.3) is 0 Å². The third-order valence-electron chi connectivity index (χ3n) is 5.22. The summed E-state index contributed by atoms with van der Waals surface area (Å²) in [4.78, 5) is 17.1.